The van der Waals surface area contributed by atoms with Crippen molar-refractivity contribution in [1.82, 2.24) is 10.6 Å². The molecule has 8 heteroatoms. The summed E-state index contributed by atoms with van der Waals surface area (Å²) in [4.78, 5) is 36.0. The number of urea groups is 1. The maximum absolute atomic E-state index is 12.3. The van der Waals surface area contributed by atoms with Crippen molar-refractivity contribution in [3.8, 4) is 11.5 Å². The molecule has 0 aliphatic rings. The fraction of sp³-hybridized carbons (Fsp3) is 0.316. The Balaban J connectivity index is 2.13. The van der Waals surface area contributed by atoms with E-state index >= 15 is 0 Å². The average Bonchev–Trinajstić information content (AvgIpc) is 2.56. The quantitative estimate of drug-likeness (QED) is 0.483. The standard InChI is InChI=1S/C19H22N2O6/c1-10(16(24)20-18(26)21-19(2,3)4)27-17(25)13-9-14(22)11-7-5-6-8-12(11)15(13)23/h5-10,22-23H,1-4H3,(H2,20,21,24,26)/t10-/m0/s1. The SMILES string of the molecule is C[C@H](OC(=O)c1cc(O)c2ccccc2c1O)C(=O)NC(=O)NC(C)(C)C. The normalized spacial score (nSPS) is 12.3. The van der Waals surface area contributed by atoms with Crippen molar-refractivity contribution >= 4 is 28.7 Å². The summed E-state index contributed by atoms with van der Waals surface area (Å²) in [5, 5.41) is 25.6. The zero-order valence-corrected chi connectivity index (χ0v) is 15.5. The van der Waals surface area contributed by atoms with Crippen LogP contribution in [-0.2, 0) is 9.53 Å². The van der Waals surface area contributed by atoms with Crippen LogP contribution in [0.25, 0.3) is 10.8 Å². The summed E-state index contributed by atoms with van der Waals surface area (Å²) in [5.41, 5.74) is -0.830. The minimum atomic E-state index is -1.30. The van der Waals surface area contributed by atoms with Crippen LogP contribution >= 0.6 is 0 Å². The third-order valence-corrected chi connectivity index (χ3v) is 3.59. The fourth-order valence-corrected chi connectivity index (χ4v) is 2.36. The van der Waals surface area contributed by atoms with Crippen molar-refractivity contribution in [1.29, 1.82) is 0 Å². The number of phenolic OH excluding ortho intramolecular Hbond substituents is 2. The van der Waals surface area contributed by atoms with Crippen molar-refractivity contribution in [3.05, 3.63) is 35.9 Å². The van der Waals surface area contributed by atoms with E-state index in [2.05, 4.69) is 10.6 Å². The number of carbonyl (C=O) groups excluding carboxylic acids is 3. The summed E-state index contributed by atoms with van der Waals surface area (Å²) in [5.74, 6) is -2.41. The molecule has 144 valence electrons. The van der Waals surface area contributed by atoms with E-state index in [1.165, 1.54) is 13.0 Å². The minimum Gasteiger partial charge on any atom is -0.507 e. The molecule has 0 aliphatic carbocycles. The van der Waals surface area contributed by atoms with Gasteiger partial charge in [0.2, 0.25) is 0 Å². The van der Waals surface area contributed by atoms with Gasteiger partial charge in [0, 0.05) is 16.3 Å². The van der Waals surface area contributed by atoms with Crippen molar-refractivity contribution in [2.45, 2.75) is 39.3 Å². The lowest BCUT2D eigenvalue weighted by molar-refractivity contribution is -0.127. The highest BCUT2D eigenvalue weighted by molar-refractivity contribution is 6.04. The van der Waals surface area contributed by atoms with E-state index in [1.807, 2.05) is 0 Å². The number of ether oxygens (including phenoxy) is 1. The van der Waals surface area contributed by atoms with Crippen LogP contribution in [0.4, 0.5) is 4.79 Å². The highest BCUT2D eigenvalue weighted by atomic mass is 16.5. The zero-order valence-electron chi connectivity index (χ0n) is 15.5. The maximum Gasteiger partial charge on any atom is 0.342 e. The number of rotatable bonds is 3. The molecule has 0 saturated carbocycles. The average molecular weight is 374 g/mol. The van der Waals surface area contributed by atoms with Gasteiger partial charge >= 0.3 is 12.0 Å². The summed E-state index contributed by atoms with van der Waals surface area (Å²) in [6, 6.07) is 6.78. The Bertz CT molecular complexity index is 901. The number of hydrogen-bond acceptors (Lipinski definition) is 6. The van der Waals surface area contributed by atoms with E-state index in [0.29, 0.717) is 5.39 Å². The van der Waals surface area contributed by atoms with Gasteiger partial charge in [0.25, 0.3) is 5.91 Å². The summed E-state index contributed by atoms with van der Waals surface area (Å²) < 4.78 is 5.01. The van der Waals surface area contributed by atoms with Gasteiger partial charge in [-0.1, -0.05) is 24.3 Å². The number of hydrogen-bond donors (Lipinski definition) is 4. The van der Waals surface area contributed by atoms with Gasteiger partial charge in [0.1, 0.15) is 17.1 Å². The fourth-order valence-electron chi connectivity index (χ4n) is 2.36. The number of imide groups is 1. The second-order valence-corrected chi connectivity index (χ2v) is 7.08. The molecule has 0 unspecified atom stereocenters. The van der Waals surface area contributed by atoms with E-state index < -0.39 is 29.6 Å². The number of phenols is 2. The molecular formula is C19H22N2O6. The van der Waals surface area contributed by atoms with Gasteiger partial charge in [-0.2, -0.15) is 0 Å². The third kappa shape index (κ3) is 4.87. The molecule has 0 heterocycles. The Kier molecular flexibility index (Phi) is 5.58. The monoisotopic (exact) mass is 374 g/mol. The van der Waals surface area contributed by atoms with Gasteiger partial charge in [-0.3, -0.25) is 10.1 Å². The number of esters is 1. The third-order valence-electron chi connectivity index (χ3n) is 3.59. The molecule has 2 aromatic rings. The van der Waals surface area contributed by atoms with Gasteiger partial charge in [-0.15, -0.1) is 0 Å². The Labute approximate surface area is 156 Å². The predicted octanol–water partition coefficient (Wildman–Crippen LogP) is 2.42. The highest BCUT2D eigenvalue weighted by Crippen LogP contribution is 2.35. The van der Waals surface area contributed by atoms with Gasteiger partial charge in [-0.05, 0) is 33.8 Å². The van der Waals surface area contributed by atoms with Gasteiger partial charge < -0.3 is 20.3 Å². The number of nitrogens with one attached hydrogen (secondary N) is 2. The van der Waals surface area contributed by atoms with Crippen molar-refractivity contribution in [2.75, 3.05) is 0 Å². The number of aromatic hydroxyl groups is 2. The van der Waals surface area contributed by atoms with Crippen LogP contribution in [0.2, 0.25) is 0 Å². The smallest absolute Gasteiger partial charge is 0.342 e. The lowest BCUT2D eigenvalue weighted by Gasteiger charge is -2.21. The number of fused-ring (bicyclic) bond motifs is 1. The van der Waals surface area contributed by atoms with Crippen molar-refractivity contribution < 1.29 is 29.3 Å². The Morgan fingerprint density at radius 1 is 1.07 bits per heavy atom. The van der Waals surface area contributed by atoms with E-state index in [4.69, 9.17) is 4.74 Å². The largest absolute Gasteiger partial charge is 0.507 e. The molecule has 0 fully saturated rings. The topological polar surface area (TPSA) is 125 Å². The molecule has 0 radical (unpaired) electrons. The highest BCUT2D eigenvalue weighted by Gasteiger charge is 2.25. The molecule has 0 spiro atoms. The van der Waals surface area contributed by atoms with E-state index in [0.717, 1.165) is 6.07 Å². The molecule has 8 nitrogen and oxygen atoms in total. The number of carbonyl (C=O) groups is 3. The first-order valence-corrected chi connectivity index (χ1v) is 8.27. The summed E-state index contributed by atoms with van der Waals surface area (Å²) in [6.45, 7) is 6.52. The Hall–Kier alpha value is -3.29. The summed E-state index contributed by atoms with van der Waals surface area (Å²) >= 11 is 0. The zero-order chi connectivity index (χ0) is 20.4. The van der Waals surface area contributed by atoms with Gasteiger partial charge in [0.15, 0.2) is 6.10 Å². The molecule has 0 aliphatic heterocycles. The molecule has 0 aromatic heterocycles. The second kappa shape index (κ2) is 7.53. The van der Waals surface area contributed by atoms with E-state index in [1.54, 1.807) is 39.0 Å². The predicted molar refractivity (Wildman–Crippen MR) is 98.6 cm³/mol. The first-order chi connectivity index (χ1) is 12.5. The summed E-state index contributed by atoms with van der Waals surface area (Å²) in [6.07, 6.45) is -1.30. The van der Waals surface area contributed by atoms with Crippen LogP contribution in [0, 0.1) is 0 Å². The lowest BCUT2D eigenvalue weighted by atomic mass is 10.0. The molecule has 0 bridgehead atoms. The van der Waals surface area contributed by atoms with E-state index in [-0.39, 0.29) is 22.4 Å². The minimum absolute atomic E-state index is 0.211. The number of amides is 3. The Morgan fingerprint density at radius 2 is 1.67 bits per heavy atom. The molecule has 1 atom stereocenters. The van der Waals surface area contributed by atoms with Crippen LogP contribution in [0.3, 0.4) is 0 Å². The maximum atomic E-state index is 12.3. The summed E-state index contributed by atoms with van der Waals surface area (Å²) in [7, 11) is 0. The first kappa shape index (κ1) is 20.0. The van der Waals surface area contributed by atoms with Crippen LogP contribution in [0.1, 0.15) is 38.1 Å². The molecule has 0 saturated heterocycles. The lowest BCUT2D eigenvalue weighted by Crippen LogP contribution is -2.50. The molecule has 2 rings (SSSR count). The van der Waals surface area contributed by atoms with Crippen LogP contribution in [-0.4, -0.2) is 39.8 Å². The first-order valence-electron chi connectivity index (χ1n) is 8.27. The van der Waals surface area contributed by atoms with Gasteiger partial charge in [-0.25, -0.2) is 9.59 Å². The second-order valence-electron chi connectivity index (χ2n) is 7.08. The van der Waals surface area contributed by atoms with E-state index in [9.17, 15) is 24.6 Å². The molecule has 4 N–H and O–H groups in total. The van der Waals surface area contributed by atoms with Crippen molar-refractivity contribution in [2.24, 2.45) is 0 Å². The molecule has 2 aromatic carbocycles. The molecular weight excluding hydrogens is 352 g/mol. The molecule has 3 amide bonds. The molecule has 27 heavy (non-hydrogen) atoms. The van der Waals surface area contributed by atoms with Crippen LogP contribution in [0.15, 0.2) is 30.3 Å². The number of benzene rings is 2. The Morgan fingerprint density at radius 3 is 2.26 bits per heavy atom. The van der Waals surface area contributed by atoms with Crippen LogP contribution < -0.4 is 10.6 Å². The van der Waals surface area contributed by atoms with Gasteiger partial charge in [0.05, 0.1) is 0 Å². The van der Waals surface area contributed by atoms with Crippen LogP contribution in [0.5, 0.6) is 11.5 Å². The van der Waals surface area contributed by atoms with Crippen molar-refractivity contribution in [3.63, 3.8) is 0 Å².